The van der Waals surface area contributed by atoms with E-state index in [1.165, 1.54) is 0 Å². The van der Waals surface area contributed by atoms with E-state index in [1.807, 2.05) is 27.7 Å². The zero-order chi connectivity index (χ0) is 10.9. The van der Waals surface area contributed by atoms with Crippen LogP contribution in [0.15, 0.2) is 0 Å². The molecule has 0 amide bonds. The minimum absolute atomic E-state index is 0.318. The lowest BCUT2D eigenvalue weighted by molar-refractivity contribution is 0.681. The lowest BCUT2D eigenvalue weighted by Crippen LogP contribution is -2.28. The fourth-order valence-corrected chi connectivity index (χ4v) is 5.93. The summed E-state index contributed by atoms with van der Waals surface area (Å²) in [6.07, 6.45) is 0. The maximum Gasteiger partial charge on any atom is 0.0478 e. The summed E-state index contributed by atoms with van der Waals surface area (Å²) in [5, 5.41) is 0. The van der Waals surface area contributed by atoms with E-state index in [0.717, 1.165) is 12.1 Å². The highest BCUT2D eigenvalue weighted by Crippen LogP contribution is 2.24. The van der Waals surface area contributed by atoms with Crippen LogP contribution in [0.25, 0.3) is 0 Å². The summed E-state index contributed by atoms with van der Waals surface area (Å²) in [6, 6.07) is 1.98. The maximum atomic E-state index is 7.87. The van der Waals surface area contributed by atoms with Crippen LogP contribution in [0.1, 0.15) is 30.4 Å². The predicted octanol–water partition coefficient (Wildman–Crippen LogP) is 4.01. The first kappa shape index (κ1) is 7.84. The van der Waals surface area contributed by atoms with E-state index in [2.05, 4.69) is 13.1 Å². The van der Waals surface area contributed by atoms with E-state index >= 15 is 0 Å². The third kappa shape index (κ3) is 6.61. The van der Waals surface area contributed by atoms with Gasteiger partial charge in [0, 0.05) is 10.8 Å². The molecule has 0 heterocycles. The third-order valence-electron chi connectivity index (χ3n) is 1.66. The maximum absolute atomic E-state index is 7.87. The Balaban J connectivity index is 4.25. The Bertz CT molecular complexity index is 145. The van der Waals surface area contributed by atoms with E-state index in [1.54, 1.807) is 0 Å². The molecule has 0 atom stereocenters. The minimum Gasteiger partial charge on any atom is -0.0693 e. The van der Waals surface area contributed by atoms with Crippen molar-refractivity contribution in [2.24, 2.45) is 11.8 Å². The molecule has 11 heavy (non-hydrogen) atoms. The molecule has 0 unspecified atom stereocenters. The number of hydrogen-bond donors (Lipinski definition) is 0. The first-order valence-electron chi connectivity index (χ1n) is 5.41. The number of hydrogen-bond acceptors (Lipinski definition) is 0. The van der Waals surface area contributed by atoms with Gasteiger partial charge in [-0.15, -0.1) is 0 Å². The molecule has 1 heteroatoms. The molecule has 0 aromatic rings. The highest BCUT2D eigenvalue weighted by molar-refractivity contribution is 6.77. The Kier molecular flexibility index (Phi) is 3.06. The topological polar surface area (TPSA) is 0 Å². The van der Waals surface area contributed by atoms with Gasteiger partial charge in [-0.2, -0.15) is 0 Å². The fourth-order valence-electron chi connectivity index (χ4n) is 1.98. The number of rotatable bonds is 4. The Morgan fingerprint density at radius 1 is 1.00 bits per heavy atom. The Hall–Kier alpha value is 0.217. The molecule has 0 N–H and O–H groups in total. The van der Waals surface area contributed by atoms with E-state index < -0.39 is 8.07 Å². The van der Waals surface area contributed by atoms with Gasteiger partial charge in [0.1, 0.15) is 0 Å². The van der Waals surface area contributed by atoms with Crippen molar-refractivity contribution in [3.8, 4) is 0 Å². The van der Waals surface area contributed by atoms with Gasteiger partial charge in [-0.1, -0.05) is 52.9 Å². The lowest BCUT2D eigenvalue weighted by atomic mass is 10.3. The normalized spacial score (nSPS) is 17.6. The van der Waals surface area contributed by atoms with Gasteiger partial charge in [-0.3, -0.25) is 0 Å². The molecule has 0 saturated heterocycles. The SMILES string of the molecule is [2H]C(C)(C)C[Si](C)(C)CC([2H])(C)C. The quantitative estimate of drug-likeness (QED) is 0.565. The summed E-state index contributed by atoms with van der Waals surface area (Å²) in [5.74, 6) is -0.637. The van der Waals surface area contributed by atoms with E-state index in [4.69, 9.17) is 2.74 Å². The van der Waals surface area contributed by atoms with Gasteiger partial charge in [0.25, 0.3) is 0 Å². The van der Waals surface area contributed by atoms with E-state index in [9.17, 15) is 0 Å². The molecule has 0 aromatic carbocycles. The molecular formula is C10H24Si. The standard InChI is InChI=1S/C10H24Si/c1-9(2)7-11(5,6)8-10(3)4/h9-10H,7-8H2,1-6H3/i9D,10D. The predicted molar refractivity (Wildman–Crippen MR) is 56.8 cm³/mol. The van der Waals surface area contributed by atoms with Crippen LogP contribution < -0.4 is 0 Å². The summed E-state index contributed by atoms with van der Waals surface area (Å²) in [4.78, 5) is 0. The molecule has 0 aliphatic heterocycles. The summed E-state index contributed by atoms with van der Waals surface area (Å²) in [5.41, 5.74) is 0. The average molecular weight is 174 g/mol. The zero-order valence-electron chi connectivity index (χ0n) is 10.9. The van der Waals surface area contributed by atoms with Crippen molar-refractivity contribution in [2.75, 3.05) is 0 Å². The monoisotopic (exact) mass is 174 g/mol. The van der Waals surface area contributed by atoms with E-state index in [0.29, 0.717) is 0 Å². The molecule has 68 valence electrons. The van der Waals surface area contributed by atoms with Crippen molar-refractivity contribution < 1.29 is 2.74 Å². The van der Waals surface area contributed by atoms with Crippen LogP contribution in [0.3, 0.4) is 0 Å². The summed E-state index contributed by atoms with van der Waals surface area (Å²) >= 11 is 0. The van der Waals surface area contributed by atoms with Gasteiger partial charge < -0.3 is 0 Å². The molecule has 0 aliphatic carbocycles. The highest BCUT2D eigenvalue weighted by Gasteiger charge is 2.22. The van der Waals surface area contributed by atoms with Crippen LogP contribution in [0.2, 0.25) is 25.2 Å². The molecule has 0 aromatic heterocycles. The van der Waals surface area contributed by atoms with Crippen molar-refractivity contribution in [1.29, 1.82) is 0 Å². The van der Waals surface area contributed by atoms with Crippen molar-refractivity contribution in [1.82, 2.24) is 0 Å². The summed E-state index contributed by atoms with van der Waals surface area (Å²) in [7, 11) is -1.35. The highest BCUT2D eigenvalue weighted by atomic mass is 28.3. The Labute approximate surface area is 76.2 Å². The second-order valence-electron chi connectivity index (χ2n) is 4.93. The van der Waals surface area contributed by atoms with Crippen LogP contribution in [0.4, 0.5) is 0 Å². The molecule has 0 spiro atoms. The van der Waals surface area contributed by atoms with Gasteiger partial charge in [0.2, 0.25) is 0 Å². The van der Waals surface area contributed by atoms with Crippen LogP contribution >= 0.6 is 0 Å². The Morgan fingerprint density at radius 2 is 1.27 bits per heavy atom. The largest absolute Gasteiger partial charge is 0.0693 e. The van der Waals surface area contributed by atoms with Gasteiger partial charge in [0.15, 0.2) is 0 Å². The molecule has 0 saturated carbocycles. The summed E-state index contributed by atoms with van der Waals surface area (Å²) in [6.45, 7) is 12.5. The smallest absolute Gasteiger partial charge is 0.0478 e. The summed E-state index contributed by atoms with van der Waals surface area (Å²) < 4.78 is 15.7. The molecule has 0 bridgehead atoms. The van der Waals surface area contributed by atoms with Crippen LogP contribution in [0.5, 0.6) is 0 Å². The van der Waals surface area contributed by atoms with Crippen molar-refractivity contribution >= 4 is 8.07 Å². The average Bonchev–Trinajstić information content (AvgIpc) is 1.43. The van der Waals surface area contributed by atoms with Crippen LogP contribution in [0, 0.1) is 11.8 Å². The lowest BCUT2D eigenvalue weighted by Gasteiger charge is -2.26. The first-order chi connectivity index (χ1) is 5.41. The second-order valence-corrected chi connectivity index (χ2v) is 9.97. The molecular weight excluding hydrogens is 148 g/mol. The van der Waals surface area contributed by atoms with Gasteiger partial charge in [0.05, 0.1) is 0 Å². The first-order valence-corrected chi connectivity index (χ1v) is 7.83. The molecule has 0 rings (SSSR count). The Morgan fingerprint density at radius 3 is 1.45 bits per heavy atom. The third-order valence-corrected chi connectivity index (χ3v) is 4.99. The molecule has 0 fully saturated rings. The van der Waals surface area contributed by atoms with Gasteiger partial charge in [-0.25, -0.2) is 0 Å². The van der Waals surface area contributed by atoms with Crippen LogP contribution in [-0.4, -0.2) is 8.07 Å². The zero-order valence-corrected chi connectivity index (χ0v) is 9.91. The second kappa shape index (κ2) is 4.29. The van der Waals surface area contributed by atoms with Crippen molar-refractivity contribution in [3.63, 3.8) is 0 Å². The van der Waals surface area contributed by atoms with E-state index in [-0.39, 0.29) is 11.8 Å². The van der Waals surface area contributed by atoms with Crippen molar-refractivity contribution in [2.45, 2.75) is 52.9 Å². The van der Waals surface area contributed by atoms with Gasteiger partial charge >= 0.3 is 0 Å². The fraction of sp³-hybridized carbons (Fsp3) is 1.00. The molecule has 0 radical (unpaired) electrons. The van der Waals surface area contributed by atoms with Gasteiger partial charge in [-0.05, 0) is 11.8 Å². The minimum atomic E-state index is -1.35. The van der Waals surface area contributed by atoms with Crippen molar-refractivity contribution in [3.05, 3.63) is 0 Å². The molecule has 0 nitrogen and oxygen atoms in total. The molecule has 0 aliphatic rings. The van der Waals surface area contributed by atoms with Crippen LogP contribution in [-0.2, 0) is 0 Å².